The molecule has 0 radical (unpaired) electrons. The standard InChI is InChI=1S/C35H29ClN4O2S.ClH/c1-21-9-15-29-30(18-21)43-35(39-29)23-10-13-26(14-11-23)37-33(41)24-8-5-17-40(20-24)32-31(22-6-3-2-4-7-22)27-19-25(36)12-16-28(27)38-34(32)42;/h2-4,6-7,9-16,18-19,24H,5,8,17,20H2,1H3,(H,37,41)(H,38,42);1H. The van der Waals surface area contributed by atoms with Crippen LogP contribution in [0.1, 0.15) is 18.4 Å². The number of aryl methyl sites for hydroxylation is 1. The fourth-order valence-corrected chi connectivity index (χ4v) is 7.19. The summed E-state index contributed by atoms with van der Waals surface area (Å²) >= 11 is 8.07. The highest BCUT2D eigenvalue weighted by Crippen LogP contribution is 2.37. The number of thiazole rings is 1. The van der Waals surface area contributed by atoms with E-state index in [0.29, 0.717) is 23.8 Å². The van der Waals surface area contributed by atoms with Gasteiger partial charge in [0.1, 0.15) is 10.7 Å². The van der Waals surface area contributed by atoms with Crippen LogP contribution in [0.4, 0.5) is 11.4 Å². The van der Waals surface area contributed by atoms with Gasteiger partial charge in [0.2, 0.25) is 5.91 Å². The van der Waals surface area contributed by atoms with Gasteiger partial charge >= 0.3 is 0 Å². The summed E-state index contributed by atoms with van der Waals surface area (Å²) in [6.07, 6.45) is 1.55. The maximum atomic E-state index is 13.6. The van der Waals surface area contributed by atoms with Crippen LogP contribution in [0.2, 0.25) is 5.02 Å². The van der Waals surface area contributed by atoms with Crippen LogP contribution in [0.15, 0.2) is 95.8 Å². The van der Waals surface area contributed by atoms with Crippen molar-refractivity contribution in [3.8, 4) is 21.7 Å². The maximum absolute atomic E-state index is 13.6. The number of aromatic nitrogens is 2. The molecule has 1 saturated heterocycles. The molecule has 7 rings (SSSR count). The lowest BCUT2D eigenvalue weighted by atomic mass is 9.93. The molecule has 4 aromatic carbocycles. The number of carbonyl (C=O) groups is 1. The number of piperidine rings is 1. The van der Waals surface area contributed by atoms with E-state index < -0.39 is 0 Å². The molecule has 0 saturated carbocycles. The maximum Gasteiger partial charge on any atom is 0.272 e. The molecular formula is C35H30Cl2N4O2S. The minimum Gasteiger partial charge on any atom is -0.366 e. The van der Waals surface area contributed by atoms with E-state index in [0.717, 1.165) is 61.3 Å². The van der Waals surface area contributed by atoms with Crippen molar-refractivity contribution in [3.63, 3.8) is 0 Å². The van der Waals surface area contributed by atoms with Crippen LogP contribution >= 0.6 is 35.3 Å². The van der Waals surface area contributed by atoms with E-state index in [9.17, 15) is 9.59 Å². The molecule has 9 heteroatoms. The number of anilines is 2. The van der Waals surface area contributed by atoms with Crippen LogP contribution in [-0.2, 0) is 4.79 Å². The van der Waals surface area contributed by atoms with Gasteiger partial charge in [0, 0.05) is 45.8 Å². The fourth-order valence-electron chi connectivity index (χ4n) is 5.94. The second kappa shape index (κ2) is 12.4. The zero-order valence-electron chi connectivity index (χ0n) is 24.0. The number of halogens is 2. The summed E-state index contributed by atoms with van der Waals surface area (Å²) in [6, 6.07) is 29.5. The van der Waals surface area contributed by atoms with E-state index in [1.54, 1.807) is 17.4 Å². The normalized spacial score (nSPS) is 14.9. The summed E-state index contributed by atoms with van der Waals surface area (Å²) in [5.41, 5.74) is 6.88. The van der Waals surface area contributed by atoms with E-state index in [2.05, 4.69) is 40.3 Å². The molecule has 1 aliphatic heterocycles. The lowest BCUT2D eigenvalue weighted by molar-refractivity contribution is -0.120. The molecule has 1 aliphatic rings. The predicted molar refractivity (Wildman–Crippen MR) is 186 cm³/mol. The van der Waals surface area contributed by atoms with E-state index in [-0.39, 0.29) is 29.8 Å². The van der Waals surface area contributed by atoms with Gasteiger partial charge in [-0.05, 0) is 85.5 Å². The molecule has 0 spiro atoms. The summed E-state index contributed by atoms with van der Waals surface area (Å²) in [7, 11) is 0. The number of nitrogens with zero attached hydrogens (tertiary/aromatic N) is 2. The Morgan fingerprint density at radius 3 is 2.59 bits per heavy atom. The van der Waals surface area contributed by atoms with Gasteiger partial charge < -0.3 is 15.2 Å². The summed E-state index contributed by atoms with van der Waals surface area (Å²) in [5.74, 6) is -0.312. The van der Waals surface area contributed by atoms with Crippen molar-refractivity contribution in [2.75, 3.05) is 23.3 Å². The smallest absolute Gasteiger partial charge is 0.272 e. The average Bonchev–Trinajstić information content (AvgIpc) is 3.45. The van der Waals surface area contributed by atoms with Gasteiger partial charge in [-0.2, -0.15) is 0 Å². The van der Waals surface area contributed by atoms with Crippen molar-refractivity contribution in [3.05, 3.63) is 112 Å². The Balaban J connectivity index is 0.00000343. The van der Waals surface area contributed by atoms with Gasteiger partial charge in [0.05, 0.1) is 16.1 Å². The highest BCUT2D eigenvalue weighted by Gasteiger charge is 2.29. The summed E-state index contributed by atoms with van der Waals surface area (Å²) in [4.78, 5) is 36.9. The van der Waals surface area contributed by atoms with E-state index in [1.807, 2.05) is 66.7 Å². The number of amides is 1. The molecule has 6 aromatic rings. The largest absolute Gasteiger partial charge is 0.366 e. The number of nitrogens with one attached hydrogen (secondary N) is 2. The predicted octanol–water partition coefficient (Wildman–Crippen LogP) is 8.71. The number of rotatable bonds is 5. The number of carbonyl (C=O) groups excluding carboxylic acids is 1. The van der Waals surface area contributed by atoms with Crippen molar-refractivity contribution >= 4 is 73.7 Å². The number of fused-ring (bicyclic) bond motifs is 2. The topological polar surface area (TPSA) is 78.1 Å². The van der Waals surface area contributed by atoms with Crippen molar-refractivity contribution in [2.45, 2.75) is 19.8 Å². The zero-order valence-corrected chi connectivity index (χ0v) is 26.4. The number of hydrogen-bond donors (Lipinski definition) is 2. The fraction of sp³-hybridized carbons (Fsp3) is 0.171. The van der Waals surface area contributed by atoms with Gasteiger partial charge in [0.25, 0.3) is 5.56 Å². The van der Waals surface area contributed by atoms with Gasteiger partial charge in [-0.15, -0.1) is 23.7 Å². The summed E-state index contributed by atoms with van der Waals surface area (Å²) in [5, 5.41) is 5.54. The molecule has 1 unspecified atom stereocenters. The van der Waals surface area contributed by atoms with Crippen LogP contribution in [0.3, 0.4) is 0 Å². The molecule has 3 heterocycles. The van der Waals surface area contributed by atoms with E-state index in [1.165, 1.54) is 5.56 Å². The first-order chi connectivity index (χ1) is 20.9. The highest BCUT2D eigenvalue weighted by molar-refractivity contribution is 7.21. The first kappa shape index (κ1) is 29.9. The molecule has 2 N–H and O–H groups in total. The molecular weight excluding hydrogens is 611 g/mol. The van der Waals surface area contributed by atoms with Crippen LogP contribution in [0, 0.1) is 12.8 Å². The summed E-state index contributed by atoms with van der Waals surface area (Å²) in [6.45, 7) is 3.22. The highest BCUT2D eigenvalue weighted by atomic mass is 35.5. The molecule has 1 fully saturated rings. The number of hydrogen-bond acceptors (Lipinski definition) is 5. The minimum absolute atomic E-state index is 0. The number of H-pyrrole nitrogens is 1. The van der Waals surface area contributed by atoms with E-state index in [4.69, 9.17) is 16.6 Å². The Kier molecular flexibility index (Phi) is 8.45. The van der Waals surface area contributed by atoms with Crippen LogP contribution in [-0.4, -0.2) is 29.0 Å². The average molecular weight is 642 g/mol. The Labute approximate surface area is 270 Å². The third kappa shape index (κ3) is 5.83. The third-order valence-electron chi connectivity index (χ3n) is 8.07. The van der Waals surface area contributed by atoms with Gasteiger partial charge in [-0.25, -0.2) is 4.98 Å². The van der Waals surface area contributed by atoms with Crippen LogP contribution in [0.25, 0.3) is 42.8 Å². The molecule has 44 heavy (non-hydrogen) atoms. The molecule has 2 aromatic heterocycles. The number of benzene rings is 4. The van der Waals surface area contributed by atoms with Gasteiger partial charge in [-0.1, -0.05) is 48.0 Å². The Bertz CT molecular complexity index is 2040. The molecule has 1 amide bonds. The van der Waals surface area contributed by atoms with Gasteiger partial charge in [0.15, 0.2) is 0 Å². The van der Waals surface area contributed by atoms with Crippen molar-refractivity contribution < 1.29 is 4.79 Å². The first-order valence-corrected chi connectivity index (χ1v) is 15.6. The lowest BCUT2D eigenvalue weighted by Gasteiger charge is -2.34. The first-order valence-electron chi connectivity index (χ1n) is 14.4. The molecule has 222 valence electrons. The quantitative estimate of drug-likeness (QED) is 0.197. The van der Waals surface area contributed by atoms with Gasteiger partial charge in [-0.3, -0.25) is 9.59 Å². The number of aromatic amines is 1. The van der Waals surface area contributed by atoms with Crippen molar-refractivity contribution in [1.29, 1.82) is 0 Å². The molecule has 0 bridgehead atoms. The monoisotopic (exact) mass is 640 g/mol. The Morgan fingerprint density at radius 2 is 1.80 bits per heavy atom. The second-order valence-corrected chi connectivity index (χ2v) is 12.5. The lowest BCUT2D eigenvalue weighted by Crippen LogP contribution is -2.43. The SMILES string of the molecule is Cc1ccc2nc(-c3ccc(NC(=O)C4CCCN(c5c(-c6ccccc6)c6cc(Cl)ccc6[nH]c5=O)C4)cc3)sc2c1.Cl. The second-order valence-electron chi connectivity index (χ2n) is 11.1. The van der Waals surface area contributed by atoms with E-state index >= 15 is 0 Å². The van der Waals surface area contributed by atoms with Crippen LogP contribution in [0.5, 0.6) is 0 Å². The number of pyridine rings is 1. The zero-order chi connectivity index (χ0) is 29.5. The molecule has 0 aliphatic carbocycles. The van der Waals surface area contributed by atoms with Crippen molar-refractivity contribution in [1.82, 2.24) is 9.97 Å². The Morgan fingerprint density at radius 1 is 1.00 bits per heavy atom. The summed E-state index contributed by atoms with van der Waals surface area (Å²) < 4.78 is 1.16. The molecule has 6 nitrogen and oxygen atoms in total. The molecule has 1 atom stereocenters. The van der Waals surface area contributed by atoms with Crippen molar-refractivity contribution in [2.24, 2.45) is 5.92 Å². The Hall–Kier alpha value is -4.17. The third-order valence-corrected chi connectivity index (χ3v) is 9.37. The minimum atomic E-state index is -0.265. The van der Waals surface area contributed by atoms with Crippen LogP contribution < -0.4 is 15.8 Å².